The van der Waals surface area contributed by atoms with Crippen LogP contribution in [0, 0.1) is 0 Å². The topological polar surface area (TPSA) is 69.2 Å². The van der Waals surface area contributed by atoms with Gasteiger partial charge < -0.3 is 14.2 Å². The highest BCUT2D eigenvalue weighted by molar-refractivity contribution is 6.32. The number of halogens is 1. The molecule has 1 rings (SSSR count). The van der Waals surface area contributed by atoms with Crippen molar-refractivity contribution in [1.29, 1.82) is 0 Å². The highest BCUT2D eigenvalue weighted by Crippen LogP contribution is 2.35. The van der Waals surface area contributed by atoms with Gasteiger partial charge in [0, 0.05) is 0 Å². The Morgan fingerprint density at radius 1 is 1.40 bits per heavy atom. The van der Waals surface area contributed by atoms with Gasteiger partial charge >= 0.3 is 6.09 Å². The number of rotatable bonds is 6. The number of amides is 1. The van der Waals surface area contributed by atoms with Gasteiger partial charge in [-0.3, -0.25) is 0 Å². The Bertz CT molecular complexity index is 492. The Kier molecular flexibility index (Phi) is 6.66. The second-order valence-electron chi connectivity index (χ2n) is 3.56. The van der Waals surface area contributed by atoms with E-state index >= 15 is 0 Å². The summed E-state index contributed by atoms with van der Waals surface area (Å²) < 4.78 is 15.3. The molecule has 0 aliphatic rings. The average Bonchev–Trinajstić information content (AvgIpc) is 2.39. The molecule has 0 bridgehead atoms. The van der Waals surface area contributed by atoms with Crippen molar-refractivity contribution in [2.24, 2.45) is 5.10 Å². The van der Waals surface area contributed by atoms with Gasteiger partial charge in [0.25, 0.3) is 0 Å². The van der Waals surface area contributed by atoms with Crippen LogP contribution in [0.15, 0.2) is 17.2 Å². The van der Waals surface area contributed by atoms with E-state index in [-0.39, 0.29) is 6.61 Å². The molecule has 0 spiro atoms. The van der Waals surface area contributed by atoms with Crippen LogP contribution in [0.2, 0.25) is 5.02 Å². The zero-order valence-corrected chi connectivity index (χ0v) is 12.4. The van der Waals surface area contributed by atoms with Crippen LogP contribution in [0.25, 0.3) is 0 Å². The van der Waals surface area contributed by atoms with Crippen molar-refractivity contribution in [3.63, 3.8) is 0 Å². The van der Waals surface area contributed by atoms with Crippen molar-refractivity contribution in [2.45, 2.75) is 13.8 Å². The van der Waals surface area contributed by atoms with E-state index in [0.717, 1.165) is 0 Å². The van der Waals surface area contributed by atoms with Crippen molar-refractivity contribution in [1.82, 2.24) is 5.43 Å². The molecule has 0 aliphatic heterocycles. The van der Waals surface area contributed by atoms with Gasteiger partial charge in [0.1, 0.15) is 0 Å². The van der Waals surface area contributed by atoms with E-state index < -0.39 is 6.09 Å². The summed E-state index contributed by atoms with van der Waals surface area (Å²) in [6.07, 6.45) is 0.818. The van der Waals surface area contributed by atoms with Gasteiger partial charge in [-0.2, -0.15) is 5.10 Å². The fourth-order valence-electron chi connectivity index (χ4n) is 1.45. The minimum absolute atomic E-state index is 0.282. The Hall–Kier alpha value is -1.95. The first kappa shape index (κ1) is 16.1. The van der Waals surface area contributed by atoms with Crippen LogP contribution in [0.4, 0.5) is 4.79 Å². The minimum atomic E-state index is -0.617. The number of nitrogens with one attached hydrogen (secondary N) is 1. The van der Waals surface area contributed by atoms with Crippen molar-refractivity contribution in [2.75, 3.05) is 20.3 Å². The van der Waals surface area contributed by atoms with Crippen LogP contribution in [0.5, 0.6) is 11.5 Å². The molecular weight excluding hydrogens is 284 g/mol. The van der Waals surface area contributed by atoms with E-state index in [1.807, 2.05) is 6.92 Å². The quantitative estimate of drug-likeness (QED) is 0.648. The predicted octanol–water partition coefficient (Wildman–Crippen LogP) is 2.83. The summed E-state index contributed by atoms with van der Waals surface area (Å²) in [7, 11) is 1.51. The van der Waals surface area contributed by atoms with Crippen LogP contribution in [0.1, 0.15) is 19.4 Å². The molecule has 1 aromatic rings. The molecule has 1 aromatic carbocycles. The second-order valence-corrected chi connectivity index (χ2v) is 3.96. The first-order chi connectivity index (χ1) is 9.62. The summed E-state index contributed by atoms with van der Waals surface area (Å²) >= 11 is 6.08. The summed E-state index contributed by atoms with van der Waals surface area (Å²) in [5.74, 6) is 0.976. The van der Waals surface area contributed by atoms with Gasteiger partial charge in [0.05, 0.1) is 31.6 Å². The van der Waals surface area contributed by atoms with Crippen LogP contribution < -0.4 is 14.9 Å². The lowest BCUT2D eigenvalue weighted by Crippen LogP contribution is -2.18. The SMILES string of the molecule is CCOC(=O)N/N=C\c1cc(Cl)c(OC)c(OCC)c1. The maximum absolute atomic E-state index is 11.1. The lowest BCUT2D eigenvalue weighted by Gasteiger charge is -2.11. The zero-order valence-electron chi connectivity index (χ0n) is 11.6. The Morgan fingerprint density at radius 2 is 2.15 bits per heavy atom. The summed E-state index contributed by atoms with van der Waals surface area (Å²) in [4.78, 5) is 11.1. The van der Waals surface area contributed by atoms with Gasteiger partial charge in [-0.25, -0.2) is 10.2 Å². The number of ether oxygens (including phenoxy) is 3. The van der Waals surface area contributed by atoms with E-state index in [0.29, 0.717) is 28.7 Å². The van der Waals surface area contributed by atoms with Crippen molar-refractivity contribution in [3.05, 3.63) is 22.7 Å². The van der Waals surface area contributed by atoms with E-state index in [9.17, 15) is 4.79 Å². The normalized spacial score (nSPS) is 10.4. The van der Waals surface area contributed by atoms with Gasteiger partial charge in [-0.1, -0.05) is 11.6 Å². The van der Waals surface area contributed by atoms with Crippen molar-refractivity contribution >= 4 is 23.9 Å². The van der Waals surface area contributed by atoms with Crippen LogP contribution in [0.3, 0.4) is 0 Å². The first-order valence-electron chi connectivity index (χ1n) is 6.08. The summed E-state index contributed by atoms with van der Waals surface area (Å²) in [5.41, 5.74) is 2.89. The smallest absolute Gasteiger partial charge is 0.427 e. The standard InChI is InChI=1S/C13H17ClN2O4/c1-4-19-11-7-9(6-10(14)12(11)18-3)8-15-16-13(17)20-5-2/h6-8H,4-5H2,1-3H3,(H,16,17)/b15-8-. The minimum Gasteiger partial charge on any atom is -0.491 e. The largest absolute Gasteiger partial charge is 0.491 e. The third kappa shape index (κ3) is 4.62. The van der Waals surface area contributed by atoms with Crippen molar-refractivity contribution in [3.8, 4) is 11.5 Å². The molecule has 0 saturated heterocycles. The number of carbonyl (C=O) groups is 1. The highest BCUT2D eigenvalue weighted by atomic mass is 35.5. The molecule has 6 nitrogen and oxygen atoms in total. The summed E-state index contributed by atoms with van der Waals surface area (Å²) in [6, 6.07) is 3.36. The average molecular weight is 301 g/mol. The molecule has 0 atom stereocenters. The third-order valence-corrected chi connectivity index (χ3v) is 2.46. The fraction of sp³-hybridized carbons (Fsp3) is 0.385. The molecule has 1 N–H and O–H groups in total. The molecule has 20 heavy (non-hydrogen) atoms. The molecule has 7 heteroatoms. The molecule has 0 fully saturated rings. The Morgan fingerprint density at radius 3 is 2.75 bits per heavy atom. The number of carbonyl (C=O) groups excluding carboxylic acids is 1. The van der Waals surface area contributed by atoms with Gasteiger partial charge in [0.2, 0.25) is 0 Å². The van der Waals surface area contributed by atoms with Gasteiger partial charge in [-0.05, 0) is 31.5 Å². The van der Waals surface area contributed by atoms with Gasteiger partial charge in [-0.15, -0.1) is 0 Å². The molecule has 1 amide bonds. The zero-order chi connectivity index (χ0) is 15.0. The number of hydrogen-bond donors (Lipinski definition) is 1. The number of nitrogens with zero attached hydrogens (tertiary/aromatic N) is 1. The molecule has 0 radical (unpaired) electrons. The van der Waals surface area contributed by atoms with Crippen molar-refractivity contribution < 1.29 is 19.0 Å². The molecule has 110 valence electrons. The van der Waals surface area contributed by atoms with E-state index in [2.05, 4.69) is 15.3 Å². The highest BCUT2D eigenvalue weighted by Gasteiger charge is 2.10. The number of hydrogen-bond acceptors (Lipinski definition) is 5. The van der Waals surface area contributed by atoms with Crippen LogP contribution in [-0.4, -0.2) is 32.6 Å². The first-order valence-corrected chi connectivity index (χ1v) is 6.46. The Labute approximate surface area is 122 Å². The molecule has 0 aliphatic carbocycles. The maximum atomic E-state index is 11.1. The maximum Gasteiger partial charge on any atom is 0.427 e. The predicted molar refractivity (Wildman–Crippen MR) is 76.9 cm³/mol. The van der Waals surface area contributed by atoms with Crippen LogP contribution in [-0.2, 0) is 4.74 Å². The second kappa shape index (κ2) is 8.27. The Balaban J connectivity index is 2.85. The molecule has 0 heterocycles. The molecule has 0 aromatic heterocycles. The third-order valence-electron chi connectivity index (χ3n) is 2.18. The summed E-state index contributed by atoms with van der Waals surface area (Å²) in [6.45, 7) is 4.33. The molecule has 0 saturated carbocycles. The lowest BCUT2D eigenvalue weighted by molar-refractivity contribution is 0.152. The number of hydrazone groups is 1. The lowest BCUT2D eigenvalue weighted by atomic mass is 10.2. The van der Waals surface area contributed by atoms with E-state index in [4.69, 9.17) is 21.1 Å². The molecular formula is C13H17ClN2O4. The number of methoxy groups -OCH3 is 1. The summed E-state index contributed by atoms with van der Waals surface area (Å²) in [5, 5.41) is 4.15. The molecule has 0 unspecified atom stereocenters. The number of benzene rings is 1. The van der Waals surface area contributed by atoms with Gasteiger partial charge in [0.15, 0.2) is 11.5 Å². The fourth-order valence-corrected chi connectivity index (χ4v) is 1.74. The van der Waals surface area contributed by atoms with E-state index in [1.165, 1.54) is 13.3 Å². The van der Waals surface area contributed by atoms with E-state index in [1.54, 1.807) is 19.1 Å². The monoisotopic (exact) mass is 300 g/mol. The van der Waals surface area contributed by atoms with Crippen LogP contribution >= 0.6 is 11.6 Å².